The lowest BCUT2D eigenvalue weighted by atomic mass is 10.1. The summed E-state index contributed by atoms with van der Waals surface area (Å²) in [7, 11) is 4.14. The molecule has 122 valence electrons. The standard InChI is InChI=1S/C16H23ClN2O3/c1-18(2)10-13-11-19(3-4-20-13)9-12-7-14(17)16-15(8-12)21-5-6-22-16/h7-8,13H,3-6,9-11H2,1-2H3/t13-/m1/s1. The number of benzene rings is 1. The van der Waals surface area contributed by atoms with Gasteiger partial charge in [0.05, 0.1) is 17.7 Å². The molecular weight excluding hydrogens is 304 g/mol. The van der Waals surface area contributed by atoms with Crippen LogP contribution in [0.25, 0.3) is 0 Å². The van der Waals surface area contributed by atoms with Gasteiger partial charge in [-0.2, -0.15) is 0 Å². The van der Waals surface area contributed by atoms with Crippen LogP contribution in [-0.4, -0.2) is 69.5 Å². The van der Waals surface area contributed by atoms with Gasteiger partial charge in [-0.15, -0.1) is 0 Å². The molecule has 0 aliphatic carbocycles. The van der Waals surface area contributed by atoms with Crippen molar-refractivity contribution in [1.82, 2.24) is 9.80 Å². The van der Waals surface area contributed by atoms with Gasteiger partial charge in [-0.25, -0.2) is 0 Å². The molecule has 22 heavy (non-hydrogen) atoms. The lowest BCUT2D eigenvalue weighted by Gasteiger charge is -2.34. The van der Waals surface area contributed by atoms with Crippen molar-refractivity contribution in [3.8, 4) is 11.5 Å². The quantitative estimate of drug-likeness (QED) is 0.844. The van der Waals surface area contributed by atoms with E-state index in [1.807, 2.05) is 12.1 Å². The summed E-state index contributed by atoms with van der Waals surface area (Å²) in [5.41, 5.74) is 1.15. The van der Waals surface area contributed by atoms with E-state index in [-0.39, 0.29) is 6.10 Å². The first-order valence-electron chi connectivity index (χ1n) is 7.68. The second-order valence-corrected chi connectivity index (χ2v) is 6.50. The highest BCUT2D eigenvalue weighted by Gasteiger charge is 2.22. The van der Waals surface area contributed by atoms with Crippen LogP contribution < -0.4 is 9.47 Å². The molecule has 1 saturated heterocycles. The highest BCUT2D eigenvalue weighted by molar-refractivity contribution is 6.32. The Morgan fingerprint density at radius 3 is 2.86 bits per heavy atom. The number of hydrogen-bond acceptors (Lipinski definition) is 5. The van der Waals surface area contributed by atoms with Crippen molar-refractivity contribution in [1.29, 1.82) is 0 Å². The van der Waals surface area contributed by atoms with Crippen molar-refractivity contribution >= 4 is 11.6 Å². The van der Waals surface area contributed by atoms with Crippen LogP contribution in [0.2, 0.25) is 5.02 Å². The molecule has 3 rings (SSSR count). The van der Waals surface area contributed by atoms with Crippen LogP contribution in [0.1, 0.15) is 5.56 Å². The summed E-state index contributed by atoms with van der Waals surface area (Å²) in [6.45, 7) is 5.58. The van der Waals surface area contributed by atoms with E-state index in [9.17, 15) is 0 Å². The third-order valence-corrected chi connectivity index (χ3v) is 4.14. The maximum Gasteiger partial charge on any atom is 0.179 e. The van der Waals surface area contributed by atoms with Gasteiger partial charge in [0.1, 0.15) is 13.2 Å². The topological polar surface area (TPSA) is 34.2 Å². The van der Waals surface area contributed by atoms with Crippen molar-refractivity contribution in [3.05, 3.63) is 22.7 Å². The van der Waals surface area contributed by atoms with Crippen LogP contribution in [0.4, 0.5) is 0 Å². The lowest BCUT2D eigenvalue weighted by Crippen LogP contribution is -2.45. The van der Waals surface area contributed by atoms with E-state index < -0.39 is 0 Å². The molecular formula is C16H23ClN2O3. The zero-order chi connectivity index (χ0) is 15.5. The zero-order valence-electron chi connectivity index (χ0n) is 13.2. The Morgan fingerprint density at radius 1 is 1.23 bits per heavy atom. The number of hydrogen-bond donors (Lipinski definition) is 0. The molecule has 0 saturated carbocycles. The number of halogens is 1. The second-order valence-electron chi connectivity index (χ2n) is 6.09. The fourth-order valence-electron chi connectivity index (χ4n) is 2.96. The van der Waals surface area contributed by atoms with Gasteiger partial charge < -0.3 is 19.1 Å². The molecule has 1 fully saturated rings. The molecule has 1 aromatic carbocycles. The molecule has 2 aliphatic rings. The predicted molar refractivity (Wildman–Crippen MR) is 86.0 cm³/mol. The minimum absolute atomic E-state index is 0.261. The fourth-order valence-corrected chi connectivity index (χ4v) is 3.24. The fraction of sp³-hybridized carbons (Fsp3) is 0.625. The molecule has 0 aromatic heterocycles. The van der Waals surface area contributed by atoms with Gasteiger partial charge in [0, 0.05) is 26.2 Å². The second kappa shape index (κ2) is 7.04. The number of likely N-dealkylation sites (N-methyl/N-ethyl adjacent to an activating group) is 1. The van der Waals surface area contributed by atoms with Gasteiger partial charge in [-0.05, 0) is 31.8 Å². The average molecular weight is 327 g/mol. The molecule has 1 aromatic rings. The molecule has 0 amide bonds. The van der Waals surface area contributed by atoms with Gasteiger partial charge in [0.2, 0.25) is 0 Å². The number of rotatable bonds is 4. The van der Waals surface area contributed by atoms with E-state index in [1.165, 1.54) is 0 Å². The normalized spacial score (nSPS) is 22.1. The van der Waals surface area contributed by atoms with Crippen molar-refractivity contribution < 1.29 is 14.2 Å². The average Bonchev–Trinajstić information content (AvgIpc) is 2.47. The minimum Gasteiger partial charge on any atom is -0.486 e. The molecule has 0 bridgehead atoms. The maximum atomic E-state index is 6.31. The molecule has 0 unspecified atom stereocenters. The van der Waals surface area contributed by atoms with Gasteiger partial charge in [-0.3, -0.25) is 4.90 Å². The Labute approximate surface area is 136 Å². The number of fused-ring (bicyclic) bond motifs is 1. The first-order chi connectivity index (χ1) is 10.6. The largest absolute Gasteiger partial charge is 0.486 e. The van der Waals surface area contributed by atoms with E-state index >= 15 is 0 Å². The van der Waals surface area contributed by atoms with Crippen molar-refractivity contribution in [2.75, 3.05) is 53.6 Å². The summed E-state index contributed by atoms with van der Waals surface area (Å²) < 4.78 is 17.0. The van der Waals surface area contributed by atoms with Crippen LogP contribution in [0.5, 0.6) is 11.5 Å². The molecule has 6 heteroatoms. The summed E-state index contributed by atoms with van der Waals surface area (Å²) in [4.78, 5) is 4.56. The van der Waals surface area contributed by atoms with E-state index in [2.05, 4.69) is 23.9 Å². The Kier molecular flexibility index (Phi) is 5.08. The van der Waals surface area contributed by atoms with Gasteiger partial charge in [-0.1, -0.05) is 11.6 Å². The molecule has 5 nitrogen and oxygen atoms in total. The number of morpholine rings is 1. The summed E-state index contributed by atoms with van der Waals surface area (Å²) >= 11 is 6.31. The number of nitrogens with zero attached hydrogens (tertiary/aromatic N) is 2. The van der Waals surface area contributed by atoms with Crippen molar-refractivity contribution in [2.45, 2.75) is 12.6 Å². The smallest absolute Gasteiger partial charge is 0.179 e. The molecule has 2 heterocycles. The van der Waals surface area contributed by atoms with Gasteiger partial charge in [0.15, 0.2) is 11.5 Å². The first kappa shape index (κ1) is 15.9. The third-order valence-electron chi connectivity index (χ3n) is 3.85. The SMILES string of the molecule is CN(C)C[C@@H]1CN(Cc2cc(Cl)c3c(c2)OCCO3)CCO1. The van der Waals surface area contributed by atoms with Crippen LogP contribution >= 0.6 is 11.6 Å². The first-order valence-corrected chi connectivity index (χ1v) is 8.06. The summed E-state index contributed by atoms with van der Waals surface area (Å²) in [6, 6.07) is 4.02. The van der Waals surface area contributed by atoms with Crippen LogP contribution in [0.3, 0.4) is 0 Å². The van der Waals surface area contributed by atoms with Gasteiger partial charge >= 0.3 is 0 Å². The van der Waals surface area contributed by atoms with Crippen LogP contribution in [0, 0.1) is 0 Å². The van der Waals surface area contributed by atoms with Crippen molar-refractivity contribution in [3.63, 3.8) is 0 Å². The lowest BCUT2D eigenvalue weighted by molar-refractivity contribution is -0.0407. The third kappa shape index (κ3) is 3.84. The highest BCUT2D eigenvalue weighted by atomic mass is 35.5. The maximum absolute atomic E-state index is 6.31. The zero-order valence-corrected chi connectivity index (χ0v) is 13.9. The molecule has 0 spiro atoms. The van der Waals surface area contributed by atoms with E-state index in [0.29, 0.717) is 24.0 Å². The van der Waals surface area contributed by atoms with E-state index in [0.717, 1.165) is 44.1 Å². The summed E-state index contributed by atoms with van der Waals surface area (Å²) in [5.74, 6) is 1.43. The van der Waals surface area contributed by atoms with Gasteiger partial charge in [0.25, 0.3) is 0 Å². The molecule has 0 N–H and O–H groups in total. The Bertz CT molecular complexity index is 524. The highest BCUT2D eigenvalue weighted by Crippen LogP contribution is 2.38. The predicted octanol–water partition coefficient (Wildman–Crippen LogP) is 1.87. The Hall–Kier alpha value is -1.01. The summed E-state index contributed by atoms with van der Waals surface area (Å²) in [6.07, 6.45) is 0.261. The molecule has 0 radical (unpaired) electrons. The van der Waals surface area contributed by atoms with E-state index in [4.69, 9.17) is 25.8 Å². The number of ether oxygens (including phenoxy) is 3. The minimum atomic E-state index is 0.261. The van der Waals surface area contributed by atoms with Crippen molar-refractivity contribution in [2.24, 2.45) is 0 Å². The summed E-state index contributed by atoms with van der Waals surface area (Å²) in [5, 5.41) is 0.630. The molecule has 1 atom stereocenters. The molecule has 2 aliphatic heterocycles. The monoisotopic (exact) mass is 326 g/mol. The Balaban J connectivity index is 1.66. The van der Waals surface area contributed by atoms with E-state index in [1.54, 1.807) is 0 Å². The van der Waals surface area contributed by atoms with Crippen LogP contribution in [0.15, 0.2) is 12.1 Å². The Morgan fingerprint density at radius 2 is 2.05 bits per heavy atom. The van der Waals surface area contributed by atoms with Crippen LogP contribution in [-0.2, 0) is 11.3 Å².